The SMILES string of the molecule is O=[N+]([O-])c1ccc(Cl)cc1NCc1cccc(Cl)c1O. The zero-order valence-corrected chi connectivity index (χ0v) is 11.6. The van der Waals surface area contributed by atoms with Crippen LogP contribution in [0.15, 0.2) is 36.4 Å². The van der Waals surface area contributed by atoms with E-state index >= 15 is 0 Å². The molecule has 2 aromatic carbocycles. The second-order valence-corrected chi connectivity index (χ2v) is 4.86. The quantitative estimate of drug-likeness (QED) is 0.654. The second-order valence-electron chi connectivity index (χ2n) is 4.02. The van der Waals surface area contributed by atoms with E-state index < -0.39 is 4.92 Å². The largest absolute Gasteiger partial charge is 0.506 e. The molecule has 2 aromatic rings. The minimum absolute atomic E-state index is 0.0497. The minimum Gasteiger partial charge on any atom is -0.506 e. The van der Waals surface area contributed by atoms with Crippen molar-refractivity contribution in [1.29, 1.82) is 0 Å². The molecule has 7 heteroatoms. The van der Waals surface area contributed by atoms with Crippen molar-refractivity contribution in [2.24, 2.45) is 0 Å². The molecule has 0 radical (unpaired) electrons. The van der Waals surface area contributed by atoms with Gasteiger partial charge in [-0.25, -0.2) is 0 Å². The van der Waals surface area contributed by atoms with Gasteiger partial charge in [0.05, 0.1) is 9.95 Å². The van der Waals surface area contributed by atoms with Gasteiger partial charge in [0.15, 0.2) is 0 Å². The van der Waals surface area contributed by atoms with Crippen molar-refractivity contribution in [2.45, 2.75) is 6.54 Å². The first-order valence-corrected chi connectivity index (χ1v) is 6.39. The van der Waals surface area contributed by atoms with Crippen LogP contribution in [0.5, 0.6) is 5.75 Å². The molecule has 104 valence electrons. The van der Waals surface area contributed by atoms with E-state index in [2.05, 4.69) is 5.32 Å². The Morgan fingerprint density at radius 3 is 2.70 bits per heavy atom. The number of aromatic hydroxyl groups is 1. The summed E-state index contributed by atoms with van der Waals surface area (Å²) in [6.07, 6.45) is 0. The van der Waals surface area contributed by atoms with Gasteiger partial charge >= 0.3 is 0 Å². The second kappa shape index (κ2) is 5.98. The van der Waals surface area contributed by atoms with Gasteiger partial charge in [-0.2, -0.15) is 0 Å². The number of para-hydroxylation sites is 1. The van der Waals surface area contributed by atoms with E-state index in [1.807, 2.05) is 0 Å². The third-order valence-corrected chi connectivity index (χ3v) is 3.24. The van der Waals surface area contributed by atoms with Crippen LogP contribution in [0.25, 0.3) is 0 Å². The summed E-state index contributed by atoms with van der Waals surface area (Å²) in [5.74, 6) is -0.0497. The average Bonchev–Trinajstić information content (AvgIpc) is 2.40. The van der Waals surface area contributed by atoms with Gasteiger partial charge in [-0.3, -0.25) is 10.1 Å². The first-order chi connectivity index (χ1) is 9.49. The third-order valence-electron chi connectivity index (χ3n) is 2.69. The summed E-state index contributed by atoms with van der Waals surface area (Å²) >= 11 is 11.6. The topological polar surface area (TPSA) is 75.4 Å². The van der Waals surface area contributed by atoms with Crippen molar-refractivity contribution in [3.05, 3.63) is 62.1 Å². The van der Waals surface area contributed by atoms with Crippen LogP contribution >= 0.6 is 23.2 Å². The normalized spacial score (nSPS) is 10.3. The van der Waals surface area contributed by atoms with E-state index in [1.165, 1.54) is 18.2 Å². The average molecular weight is 313 g/mol. The maximum absolute atomic E-state index is 10.9. The highest BCUT2D eigenvalue weighted by Gasteiger charge is 2.14. The molecule has 0 aliphatic rings. The van der Waals surface area contributed by atoms with Gasteiger partial charge in [-0.15, -0.1) is 0 Å². The van der Waals surface area contributed by atoms with Crippen molar-refractivity contribution in [2.75, 3.05) is 5.32 Å². The molecule has 0 heterocycles. The maximum atomic E-state index is 10.9. The van der Waals surface area contributed by atoms with Gasteiger partial charge in [0.1, 0.15) is 11.4 Å². The van der Waals surface area contributed by atoms with E-state index in [9.17, 15) is 15.2 Å². The number of halogens is 2. The summed E-state index contributed by atoms with van der Waals surface area (Å²) in [7, 11) is 0. The Hall–Kier alpha value is -1.98. The van der Waals surface area contributed by atoms with Gasteiger partial charge in [-0.1, -0.05) is 35.3 Å². The highest BCUT2D eigenvalue weighted by molar-refractivity contribution is 6.32. The van der Waals surface area contributed by atoms with Gasteiger partial charge in [0.2, 0.25) is 0 Å². The van der Waals surface area contributed by atoms with E-state index in [0.717, 1.165) is 0 Å². The van der Waals surface area contributed by atoms with Crippen LogP contribution in [0.3, 0.4) is 0 Å². The molecule has 0 aromatic heterocycles. The van der Waals surface area contributed by atoms with Crippen LogP contribution in [0, 0.1) is 10.1 Å². The summed E-state index contributed by atoms with van der Waals surface area (Å²) in [6.45, 7) is 0.188. The van der Waals surface area contributed by atoms with Crippen molar-refractivity contribution >= 4 is 34.6 Å². The molecule has 0 aliphatic carbocycles. The number of benzene rings is 2. The Bertz CT molecular complexity index is 662. The van der Waals surface area contributed by atoms with Crippen molar-refractivity contribution < 1.29 is 10.0 Å². The molecule has 0 amide bonds. The van der Waals surface area contributed by atoms with E-state index in [0.29, 0.717) is 10.6 Å². The zero-order valence-electron chi connectivity index (χ0n) is 10.1. The van der Waals surface area contributed by atoms with E-state index in [-0.39, 0.29) is 28.7 Å². The lowest BCUT2D eigenvalue weighted by Crippen LogP contribution is -2.03. The van der Waals surface area contributed by atoms with Crippen LogP contribution in [-0.2, 0) is 6.54 Å². The lowest BCUT2D eigenvalue weighted by molar-refractivity contribution is -0.384. The van der Waals surface area contributed by atoms with Crippen LogP contribution in [0.1, 0.15) is 5.56 Å². The summed E-state index contributed by atoms with van der Waals surface area (Å²) in [4.78, 5) is 10.4. The number of hydrogen-bond donors (Lipinski definition) is 2. The van der Waals surface area contributed by atoms with Crippen LogP contribution in [0.2, 0.25) is 10.0 Å². The molecule has 0 spiro atoms. The number of phenols is 1. The fraction of sp³-hybridized carbons (Fsp3) is 0.0769. The summed E-state index contributed by atoms with van der Waals surface area (Å²) in [5, 5.41) is 24.2. The number of phenolic OH excluding ortho intramolecular Hbond substituents is 1. The fourth-order valence-corrected chi connectivity index (χ4v) is 2.07. The highest BCUT2D eigenvalue weighted by Crippen LogP contribution is 2.30. The summed E-state index contributed by atoms with van der Waals surface area (Å²) in [6, 6.07) is 9.14. The number of anilines is 1. The molecule has 0 bridgehead atoms. The molecule has 0 fully saturated rings. The zero-order chi connectivity index (χ0) is 14.7. The van der Waals surface area contributed by atoms with Crippen molar-refractivity contribution in [3.8, 4) is 5.75 Å². The number of nitrogens with one attached hydrogen (secondary N) is 1. The first kappa shape index (κ1) is 14.4. The Labute approximate surface area is 124 Å². The Morgan fingerprint density at radius 1 is 1.25 bits per heavy atom. The number of rotatable bonds is 4. The summed E-state index contributed by atoms with van der Waals surface area (Å²) < 4.78 is 0. The molecule has 0 saturated carbocycles. The van der Waals surface area contributed by atoms with Gasteiger partial charge in [0.25, 0.3) is 5.69 Å². The van der Waals surface area contributed by atoms with Crippen LogP contribution in [0.4, 0.5) is 11.4 Å². The fourth-order valence-electron chi connectivity index (χ4n) is 1.70. The molecule has 0 saturated heterocycles. The smallest absolute Gasteiger partial charge is 0.292 e. The molecule has 20 heavy (non-hydrogen) atoms. The van der Waals surface area contributed by atoms with Crippen LogP contribution in [-0.4, -0.2) is 10.0 Å². The Kier molecular flexibility index (Phi) is 4.32. The Balaban J connectivity index is 2.24. The monoisotopic (exact) mass is 312 g/mol. The number of nitro groups is 1. The molecule has 0 aliphatic heterocycles. The van der Waals surface area contributed by atoms with Gasteiger partial charge in [0, 0.05) is 23.2 Å². The molecular weight excluding hydrogens is 303 g/mol. The van der Waals surface area contributed by atoms with Crippen molar-refractivity contribution in [3.63, 3.8) is 0 Å². The van der Waals surface area contributed by atoms with Gasteiger partial charge in [-0.05, 0) is 18.2 Å². The lowest BCUT2D eigenvalue weighted by Gasteiger charge is -2.09. The molecule has 2 N–H and O–H groups in total. The minimum atomic E-state index is -0.503. The van der Waals surface area contributed by atoms with Crippen molar-refractivity contribution in [1.82, 2.24) is 0 Å². The highest BCUT2D eigenvalue weighted by atomic mass is 35.5. The molecule has 2 rings (SSSR count). The lowest BCUT2D eigenvalue weighted by atomic mass is 10.2. The molecule has 5 nitrogen and oxygen atoms in total. The Morgan fingerprint density at radius 2 is 2.00 bits per heavy atom. The van der Waals surface area contributed by atoms with Crippen LogP contribution < -0.4 is 5.32 Å². The summed E-state index contributed by atoms with van der Waals surface area (Å²) in [5.41, 5.74) is 0.726. The third kappa shape index (κ3) is 3.12. The molecular formula is C13H10Cl2N2O3. The number of hydrogen-bond acceptors (Lipinski definition) is 4. The molecule has 0 atom stereocenters. The predicted molar refractivity (Wildman–Crippen MR) is 78.5 cm³/mol. The molecule has 0 unspecified atom stereocenters. The predicted octanol–water partition coefficient (Wildman–Crippen LogP) is 4.22. The van der Waals surface area contributed by atoms with Gasteiger partial charge < -0.3 is 10.4 Å². The first-order valence-electron chi connectivity index (χ1n) is 5.63. The number of nitro benzene ring substituents is 1. The van der Waals surface area contributed by atoms with E-state index in [4.69, 9.17) is 23.2 Å². The van der Waals surface area contributed by atoms with E-state index in [1.54, 1.807) is 18.2 Å². The standard InChI is InChI=1S/C13H10Cl2N2O3/c14-9-4-5-12(17(19)20)11(6-9)16-7-8-2-1-3-10(15)13(8)18/h1-6,16,18H,7H2. The maximum Gasteiger partial charge on any atom is 0.292 e. The number of nitrogens with zero attached hydrogens (tertiary/aromatic N) is 1.